The molecule has 2 rings (SSSR count). The first-order valence-corrected chi connectivity index (χ1v) is 9.52. The molecule has 0 amide bonds. The number of benzene rings is 1. The highest BCUT2D eigenvalue weighted by molar-refractivity contribution is 14.0. The van der Waals surface area contributed by atoms with E-state index in [0.29, 0.717) is 6.54 Å². The summed E-state index contributed by atoms with van der Waals surface area (Å²) in [5, 5.41) is 7.83. The Morgan fingerprint density at radius 2 is 1.96 bits per heavy atom. The molecule has 1 aromatic heterocycles. The smallest absolute Gasteiger partial charge is 0.191 e. The minimum atomic E-state index is 0. The van der Waals surface area contributed by atoms with Crippen molar-refractivity contribution in [1.82, 2.24) is 15.6 Å². The van der Waals surface area contributed by atoms with Gasteiger partial charge in [-0.2, -0.15) is 0 Å². The zero-order valence-electron chi connectivity index (χ0n) is 14.0. The molecule has 2 aromatic rings. The molecule has 7 heteroatoms. The molecule has 0 unspecified atom stereocenters. The van der Waals surface area contributed by atoms with Gasteiger partial charge >= 0.3 is 0 Å². The number of hydrogen-bond donors (Lipinski definition) is 2. The van der Waals surface area contributed by atoms with Gasteiger partial charge in [-0.15, -0.1) is 35.3 Å². The van der Waals surface area contributed by atoms with E-state index in [4.69, 9.17) is 0 Å². The Morgan fingerprint density at radius 1 is 1.21 bits per heavy atom. The first-order valence-electron chi connectivity index (χ1n) is 7.91. The van der Waals surface area contributed by atoms with Crippen LogP contribution in [0.15, 0.2) is 39.9 Å². The number of thiazole rings is 1. The maximum atomic E-state index is 4.63. The Bertz CT molecular complexity index is 628. The second-order valence-electron chi connectivity index (χ2n) is 5.07. The molecule has 0 spiro atoms. The van der Waals surface area contributed by atoms with Crippen LogP contribution in [0.5, 0.6) is 0 Å². The SMILES string of the molecule is CCNC(=NCc1ccc(Br)cc1)NCCc1ncc(CC)s1.I. The minimum Gasteiger partial charge on any atom is -0.357 e. The molecule has 0 saturated heterocycles. The van der Waals surface area contributed by atoms with Crippen molar-refractivity contribution in [1.29, 1.82) is 0 Å². The number of aromatic nitrogens is 1. The van der Waals surface area contributed by atoms with Crippen molar-refractivity contribution in [2.24, 2.45) is 4.99 Å². The third-order valence-corrected chi connectivity index (χ3v) is 4.99. The molecule has 0 radical (unpaired) electrons. The Labute approximate surface area is 173 Å². The fourth-order valence-corrected chi connectivity index (χ4v) is 3.14. The van der Waals surface area contributed by atoms with Crippen molar-refractivity contribution in [2.45, 2.75) is 33.2 Å². The van der Waals surface area contributed by atoms with Gasteiger partial charge in [-0.3, -0.25) is 0 Å². The number of guanidine groups is 1. The minimum absolute atomic E-state index is 0. The molecule has 1 aromatic carbocycles. The summed E-state index contributed by atoms with van der Waals surface area (Å²) in [5.41, 5.74) is 1.19. The predicted octanol–water partition coefficient (Wildman–Crippen LogP) is 4.38. The van der Waals surface area contributed by atoms with Crippen LogP contribution in [0.1, 0.15) is 29.3 Å². The zero-order chi connectivity index (χ0) is 16.5. The summed E-state index contributed by atoms with van der Waals surface area (Å²) < 4.78 is 1.09. The third kappa shape index (κ3) is 7.48. The second kappa shape index (κ2) is 11.8. The highest BCUT2D eigenvalue weighted by Gasteiger charge is 2.02. The average Bonchev–Trinajstić information content (AvgIpc) is 3.02. The first kappa shape index (κ1) is 21.4. The number of halogens is 2. The Morgan fingerprint density at radius 3 is 2.58 bits per heavy atom. The number of nitrogens with one attached hydrogen (secondary N) is 2. The van der Waals surface area contributed by atoms with Gasteiger partial charge in [0.25, 0.3) is 0 Å². The summed E-state index contributed by atoms with van der Waals surface area (Å²) in [4.78, 5) is 10.4. The average molecular weight is 523 g/mol. The van der Waals surface area contributed by atoms with Crippen molar-refractivity contribution in [3.05, 3.63) is 50.4 Å². The van der Waals surface area contributed by atoms with Crippen molar-refractivity contribution in [2.75, 3.05) is 13.1 Å². The molecule has 0 bridgehead atoms. The molecule has 4 nitrogen and oxygen atoms in total. The van der Waals surface area contributed by atoms with E-state index in [-0.39, 0.29) is 24.0 Å². The van der Waals surface area contributed by atoms with Gasteiger partial charge in [0.1, 0.15) is 0 Å². The monoisotopic (exact) mass is 522 g/mol. The van der Waals surface area contributed by atoms with Crippen LogP contribution >= 0.6 is 51.2 Å². The van der Waals surface area contributed by atoms with Gasteiger partial charge < -0.3 is 10.6 Å². The number of hydrogen-bond acceptors (Lipinski definition) is 3. The van der Waals surface area contributed by atoms with E-state index in [9.17, 15) is 0 Å². The van der Waals surface area contributed by atoms with Crippen LogP contribution in [-0.2, 0) is 19.4 Å². The van der Waals surface area contributed by atoms with Crippen LogP contribution in [-0.4, -0.2) is 24.0 Å². The Kier molecular flexibility index (Phi) is 10.5. The standard InChI is InChI=1S/C17H23BrN4S.HI/c1-3-15-12-21-16(23-15)9-10-20-17(19-4-2)22-11-13-5-7-14(18)8-6-13;/h5-8,12H,3-4,9-11H2,1-2H3,(H2,19,20,22);1H. The first-order chi connectivity index (χ1) is 11.2. The van der Waals surface area contributed by atoms with Gasteiger partial charge in [-0.1, -0.05) is 35.0 Å². The van der Waals surface area contributed by atoms with E-state index in [1.54, 1.807) is 11.3 Å². The third-order valence-electron chi connectivity index (χ3n) is 3.26. The van der Waals surface area contributed by atoms with E-state index >= 15 is 0 Å². The Hall–Kier alpha value is -0.670. The zero-order valence-corrected chi connectivity index (χ0v) is 18.7. The molecule has 0 fully saturated rings. The molecular weight excluding hydrogens is 499 g/mol. The molecule has 0 aliphatic rings. The normalized spacial score (nSPS) is 11.0. The highest BCUT2D eigenvalue weighted by Crippen LogP contribution is 2.13. The maximum Gasteiger partial charge on any atom is 0.191 e. The number of aryl methyl sites for hydroxylation is 1. The fourth-order valence-electron chi connectivity index (χ4n) is 2.02. The molecule has 24 heavy (non-hydrogen) atoms. The van der Waals surface area contributed by atoms with Gasteiger partial charge in [0.2, 0.25) is 0 Å². The summed E-state index contributed by atoms with van der Waals surface area (Å²) >= 11 is 5.24. The van der Waals surface area contributed by atoms with Gasteiger partial charge in [-0.25, -0.2) is 9.98 Å². The number of nitrogens with zero attached hydrogens (tertiary/aromatic N) is 2. The van der Waals surface area contributed by atoms with Crippen LogP contribution in [0.4, 0.5) is 0 Å². The van der Waals surface area contributed by atoms with E-state index in [1.807, 2.05) is 18.3 Å². The molecule has 0 saturated carbocycles. The highest BCUT2D eigenvalue weighted by atomic mass is 127. The summed E-state index contributed by atoms with van der Waals surface area (Å²) in [5.74, 6) is 0.850. The van der Waals surface area contributed by atoms with Crippen LogP contribution in [0.3, 0.4) is 0 Å². The molecule has 0 atom stereocenters. The van der Waals surface area contributed by atoms with Crippen molar-refractivity contribution < 1.29 is 0 Å². The molecule has 0 aliphatic carbocycles. The van der Waals surface area contributed by atoms with Gasteiger partial charge in [0, 0.05) is 35.1 Å². The molecule has 132 valence electrons. The predicted molar refractivity (Wildman–Crippen MR) is 118 cm³/mol. The quantitative estimate of drug-likeness (QED) is 0.322. The van der Waals surface area contributed by atoms with Crippen molar-refractivity contribution in [3.63, 3.8) is 0 Å². The van der Waals surface area contributed by atoms with Crippen LogP contribution < -0.4 is 10.6 Å². The van der Waals surface area contributed by atoms with E-state index in [1.165, 1.54) is 15.4 Å². The summed E-state index contributed by atoms with van der Waals surface area (Å²) in [7, 11) is 0. The van der Waals surface area contributed by atoms with E-state index in [0.717, 1.165) is 36.4 Å². The van der Waals surface area contributed by atoms with Crippen LogP contribution in [0.2, 0.25) is 0 Å². The fraction of sp³-hybridized carbons (Fsp3) is 0.412. The van der Waals surface area contributed by atoms with Crippen LogP contribution in [0, 0.1) is 0 Å². The lowest BCUT2D eigenvalue weighted by molar-refractivity contribution is 0.796. The largest absolute Gasteiger partial charge is 0.357 e. The summed E-state index contributed by atoms with van der Waals surface area (Å²) in [6.07, 6.45) is 3.96. The van der Waals surface area contributed by atoms with E-state index in [2.05, 4.69) is 62.5 Å². The molecule has 0 aliphatic heterocycles. The molecular formula is C17H24BrIN4S. The Balaban J connectivity index is 0.00000288. The van der Waals surface area contributed by atoms with Crippen LogP contribution in [0.25, 0.3) is 0 Å². The number of aliphatic imine (C=N–C) groups is 1. The maximum absolute atomic E-state index is 4.63. The lowest BCUT2D eigenvalue weighted by Gasteiger charge is -2.10. The lowest BCUT2D eigenvalue weighted by atomic mass is 10.2. The lowest BCUT2D eigenvalue weighted by Crippen LogP contribution is -2.38. The van der Waals surface area contributed by atoms with Gasteiger partial charge in [0.15, 0.2) is 5.96 Å². The van der Waals surface area contributed by atoms with Gasteiger partial charge in [-0.05, 0) is 31.0 Å². The summed E-state index contributed by atoms with van der Waals surface area (Å²) in [6, 6.07) is 8.25. The van der Waals surface area contributed by atoms with Crippen molar-refractivity contribution in [3.8, 4) is 0 Å². The van der Waals surface area contributed by atoms with E-state index < -0.39 is 0 Å². The van der Waals surface area contributed by atoms with Crippen molar-refractivity contribution >= 4 is 57.2 Å². The molecule has 2 N–H and O–H groups in total. The molecule has 1 heterocycles. The second-order valence-corrected chi connectivity index (χ2v) is 7.19. The topological polar surface area (TPSA) is 49.3 Å². The summed E-state index contributed by atoms with van der Waals surface area (Å²) in [6.45, 7) is 6.59. The number of rotatable bonds is 7. The van der Waals surface area contributed by atoms with Gasteiger partial charge in [0.05, 0.1) is 11.6 Å².